The third-order valence-corrected chi connectivity index (χ3v) is 9.69. The summed E-state index contributed by atoms with van der Waals surface area (Å²) in [5, 5.41) is 32.5. The molecule has 0 aromatic carbocycles. The summed E-state index contributed by atoms with van der Waals surface area (Å²) >= 11 is 0. The van der Waals surface area contributed by atoms with Crippen molar-refractivity contribution in [3.8, 4) is 0 Å². The van der Waals surface area contributed by atoms with Gasteiger partial charge in [-0.2, -0.15) is 0 Å². The number of aliphatic hydroxyl groups excluding tert-OH is 2. The van der Waals surface area contributed by atoms with Gasteiger partial charge in [-0.05, 0) is 80.3 Å². The van der Waals surface area contributed by atoms with Crippen LogP contribution >= 0.6 is 0 Å². The Morgan fingerprint density at radius 1 is 1.07 bits per heavy atom. The van der Waals surface area contributed by atoms with Gasteiger partial charge >= 0.3 is 0 Å². The molecule has 0 heterocycles. The molecule has 0 radical (unpaired) electrons. The maximum atomic E-state index is 13.1. The van der Waals surface area contributed by atoms with Gasteiger partial charge in [0.05, 0.1) is 17.8 Å². The molecule has 8 atom stereocenters. The fourth-order valence-corrected chi connectivity index (χ4v) is 7.64. The maximum absolute atomic E-state index is 13.1. The first-order valence-corrected chi connectivity index (χ1v) is 11.5. The van der Waals surface area contributed by atoms with E-state index in [-0.39, 0.29) is 30.0 Å². The molecule has 0 bridgehead atoms. The highest BCUT2D eigenvalue weighted by Gasteiger charge is 2.67. The van der Waals surface area contributed by atoms with Crippen LogP contribution in [0.2, 0.25) is 0 Å². The topological polar surface area (TPSA) is 94.8 Å². The van der Waals surface area contributed by atoms with Gasteiger partial charge in [-0.1, -0.05) is 13.8 Å². The largest absolute Gasteiger partial charge is 0.390 e. The Kier molecular flexibility index (Phi) is 4.28. The Morgan fingerprint density at radius 3 is 2.48 bits per heavy atom. The van der Waals surface area contributed by atoms with Crippen LogP contribution in [-0.4, -0.2) is 44.7 Å². The van der Waals surface area contributed by atoms with Crippen molar-refractivity contribution < 1.29 is 24.9 Å². The molecule has 0 aromatic rings. The lowest BCUT2D eigenvalue weighted by molar-refractivity contribution is -0.154. The zero-order valence-corrected chi connectivity index (χ0v) is 17.6. The van der Waals surface area contributed by atoms with Gasteiger partial charge in [0, 0.05) is 23.7 Å². The van der Waals surface area contributed by atoms with Crippen molar-refractivity contribution in [2.24, 2.45) is 34.5 Å². The molecule has 0 aliphatic heterocycles. The highest BCUT2D eigenvalue weighted by Crippen LogP contribution is 2.67. The van der Waals surface area contributed by atoms with E-state index >= 15 is 0 Å². The molecular weight excluding hydrogens is 368 g/mol. The summed E-state index contributed by atoms with van der Waals surface area (Å²) in [6.07, 6.45) is 6.38. The molecular formula is C24H34O5. The van der Waals surface area contributed by atoms with Gasteiger partial charge in [0.25, 0.3) is 0 Å². The molecule has 160 valence electrons. The molecule has 3 N–H and O–H groups in total. The molecule has 4 saturated carbocycles. The fourth-order valence-electron chi connectivity index (χ4n) is 7.64. The van der Waals surface area contributed by atoms with Gasteiger partial charge in [-0.3, -0.25) is 9.59 Å². The van der Waals surface area contributed by atoms with Crippen molar-refractivity contribution in [2.45, 2.75) is 89.4 Å². The zero-order valence-electron chi connectivity index (χ0n) is 17.6. The van der Waals surface area contributed by atoms with Crippen LogP contribution < -0.4 is 0 Å². The summed E-state index contributed by atoms with van der Waals surface area (Å²) in [5.41, 5.74) is -1.28. The minimum atomic E-state index is -1.12. The van der Waals surface area contributed by atoms with Crippen LogP contribution in [0.15, 0.2) is 11.6 Å². The summed E-state index contributed by atoms with van der Waals surface area (Å²) in [6, 6.07) is 0. The van der Waals surface area contributed by atoms with Crippen LogP contribution in [-0.2, 0) is 9.59 Å². The standard InChI is InChI=1S/C24H34O5/c1-22-12-21(28)20(27)11-17(22)19(26)10-16-14(22)5-7-23(2)15(6-8-24(16,23)29)18(25)9-13-3-4-13/h10,13-15,17,20-21,27-29H,3-9,11-12H2,1-2H3/t14?,15-,17+,20-,21+,22-,23-,24-/m1/s1. The van der Waals surface area contributed by atoms with Crippen molar-refractivity contribution in [2.75, 3.05) is 0 Å². The van der Waals surface area contributed by atoms with Gasteiger partial charge < -0.3 is 15.3 Å². The molecule has 0 amide bonds. The van der Waals surface area contributed by atoms with E-state index in [1.807, 2.05) is 0 Å². The number of allylic oxidation sites excluding steroid dienone is 1. The molecule has 5 rings (SSSR count). The second-order valence-electron chi connectivity index (χ2n) is 11.2. The highest BCUT2D eigenvalue weighted by atomic mass is 16.3. The van der Waals surface area contributed by atoms with Crippen LogP contribution in [0.5, 0.6) is 0 Å². The van der Waals surface area contributed by atoms with E-state index in [0.29, 0.717) is 37.4 Å². The summed E-state index contributed by atoms with van der Waals surface area (Å²) in [4.78, 5) is 26.1. The fraction of sp³-hybridized carbons (Fsp3) is 0.833. The Bertz CT molecular complexity index is 784. The summed E-state index contributed by atoms with van der Waals surface area (Å²) in [6.45, 7) is 4.12. The Morgan fingerprint density at radius 2 is 1.79 bits per heavy atom. The van der Waals surface area contributed by atoms with E-state index in [2.05, 4.69) is 13.8 Å². The first-order valence-electron chi connectivity index (χ1n) is 11.5. The minimum Gasteiger partial charge on any atom is -0.390 e. The SMILES string of the molecule is C[C@]12C[C@H](O)[C@H](O)C[C@H]1C(=O)C=C1C2CC[C@]2(C)[C@@H](C(=O)CC3CC3)CC[C@@]12O. The molecule has 5 aliphatic carbocycles. The molecule has 0 aromatic heterocycles. The van der Waals surface area contributed by atoms with Crippen LogP contribution in [0, 0.1) is 34.5 Å². The van der Waals surface area contributed by atoms with E-state index < -0.39 is 28.6 Å². The number of rotatable bonds is 3. The van der Waals surface area contributed by atoms with Gasteiger partial charge in [-0.15, -0.1) is 0 Å². The van der Waals surface area contributed by atoms with Crippen molar-refractivity contribution in [3.05, 3.63) is 11.6 Å². The van der Waals surface area contributed by atoms with Gasteiger partial charge in [0.15, 0.2) is 5.78 Å². The van der Waals surface area contributed by atoms with Crippen LogP contribution in [0.25, 0.3) is 0 Å². The quantitative estimate of drug-likeness (QED) is 0.674. The van der Waals surface area contributed by atoms with Crippen molar-refractivity contribution in [1.29, 1.82) is 0 Å². The summed E-state index contributed by atoms with van der Waals surface area (Å²) < 4.78 is 0. The van der Waals surface area contributed by atoms with E-state index in [1.54, 1.807) is 6.08 Å². The lowest BCUT2D eigenvalue weighted by Gasteiger charge is -2.59. The number of hydrogen-bond acceptors (Lipinski definition) is 5. The van der Waals surface area contributed by atoms with Crippen molar-refractivity contribution in [1.82, 2.24) is 0 Å². The second-order valence-corrected chi connectivity index (χ2v) is 11.2. The first kappa shape index (κ1) is 19.9. The predicted octanol–water partition coefficient (Wildman–Crippen LogP) is 2.56. The monoisotopic (exact) mass is 402 g/mol. The third-order valence-electron chi connectivity index (χ3n) is 9.69. The van der Waals surface area contributed by atoms with Gasteiger partial charge in [-0.25, -0.2) is 0 Å². The highest BCUT2D eigenvalue weighted by molar-refractivity contribution is 5.95. The van der Waals surface area contributed by atoms with Crippen LogP contribution in [0.1, 0.15) is 71.6 Å². The van der Waals surface area contributed by atoms with Crippen LogP contribution in [0.3, 0.4) is 0 Å². The van der Waals surface area contributed by atoms with E-state index in [0.717, 1.165) is 31.3 Å². The van der Waals surface area contributed by atoms with E-state index in [1.165, 1.54) is 0 Å². The minimum absolute atomic E-state index is 0.0164. The molecule has 0 saturated heterocycles. The number of carbonyl (C=O) groups is 2. The number of carbonyl (C=O) groups excluding carboxylic acids is 2. The number of Topliss-reactive ketones (excluding diaryl/α,β-unsaturated/α-hetero) is 1. The van der Waals surface area contributed by atoms with Gasteiger partial charge in [0.1, 0.15) is 5.78 Å². The molecule has 1 unspecified atom stereocenters. The van der Waals surface area contributed by atoms with E-state index in [4.69, 9.17) is 0 Å². The summed E-state index contributed by atoms with van der Waals surface area (Å²) in [5.74, 6) is 0.386. The lowest BCUT2D eigenvalue weighted by Crippen LogP contribution is -2.61. The van der Waals surface area contributed by atoms with Crippen LogP contribution in [0.4, 0.5) is 0 Å². The number of hydrogen-bond donors (Lipinski definition) is 3. The number of fused-ring (bicyclic) bond motifs is 5. The van der Waals surface area contributed by atoms with Crippen molar-refractivity contribution >= 4 is 11.6 Å². The molecule has 29 heavy (non-hydrogen) atoms. The Balaban J connectivity index is 1.51. The first-order chi connectivity index (χ1) is 13.6. The Labute approximate surface area is 172 Å². The zero-order chi connectivity index (χ0) is 20.8. The third kappa shape index (κ3) is 2.63. The van der Waals surface area contributed by atoms with Crippen molar-refractivity contribution in [3.63, 3.8) is 0 Å². The normalized spacial score (nSPS) is 51.7. The van der Waals surface area contributed by atoms with Gasteiger partial charge in [0.2, 0.25) is 0 Å². The van der Waals surface area contributed by atoms with E-state index in [9.17, 15) is 24.9 Å². The predicted molar refractivity (Wildman–Crippen MR) is 107 cm³/mol. The Hall–Kier alpha value is -1.04. The molecule has 4 fully saturated rings. The second kappa shape index (κ2) is 6.24. The average molecular weight is 403 g/mol. The maximum Gasteiger partial charge on any atom is 0.159 e. The lowest BCUT2D eigenvalue weighted by atomic mass is 9.46. The molecule has 5 aliphatic rings. The molecule has 0 spiro atoms. The molecule has 5 nitrogen and oxygen atoms in total. The smallest absolute Gasteiger partial charge is 0.159 e. The molecule has 5 heteroatoms. The average Bonchev–Trinajstić information content (AvgIpc) is 3.40. The summed E-state index contributed by atoms with van der Waals surface area (Å²) in [7, 11) is 0. The number of ketones is 2. The number of aliphatic hydroxyl groups is 3.